The Balaban J connectivity index is 0.00000345. The van der Waals surface area contributed by atoms with Crippen molar-refractivity contribution in [3.05, 3.63) is 113 Å². The van der Waals surface area contributed by atoms with Gasteiger partial charge in [-0.15, -0.1) is 12.8 Å². The van der Waals surface area contributed by atoms with E-state index in [1.165, 1.54) is 12.3 Å². The van der Waals surface area contributed by atoms with Gasteiger partial charge in [0.2, 0.25) is 11.8 Å². The highest BCUT2D eigenvalue weighted by atomic mass is 35.5. The molecule has 0 atom stereocenters. The van der Waals surface area contributed by atoms with Crippen molar-refractivity contribution in [2.75, 3.05) is 37.6 Å². The van der Waals surface area contributed by atoms with Crippen LogP contribution in [0.4, 0.5) is 10.1 Å². The number of ether oxygens (including phenoxy) is 2. The van der Waals surface area contributed by atoms with Gasteiger partial charge >= 0.3 is 0 Å². The van der Waals surface area contributed by atoms with Crippen molar-refractivity contribution in [1.82, 2.24) is 4.90 Å². The number of benzene rings is 2. The summed E-state index contributed by atoms with van der Waals surface area (Å²) in [7, 11) is 0. The van der Waals surface area contributed by atoms with Crippen molar-refractivity contribution < 1.29 is 18.7 Å². The molecular weight excluding hydrogens is 591 g/mol. The highest BCUT2D eigenvalue weighted by molar-refractivity contribution is 6.30. The summed E-state index contributed by atoms with van der Waals surface area (Å²) < 4.78 is 25.2. The normalized spacial score (nSPS) is 14.4. The highest BCUT2D eigenvalue weighted by Gasteiger charge is 2.20. The van der Waals surface area contributed by atoms with Gasteiger partial charge in [-0.25, -0.2) is 9.38 Å². The lowest BCUT2D eigenvalue weighted by Gasteiger charge is -2.34. The van der Waals surface area contributed by atoms with Crippen LogP contribution in [-0.2, 0) is 16.1 Å². The molecule has 0 aromatic heterocycles. The van der Waals surface area contributed by atoms with Gasteiger partial charge in [-0.1, -0.05) is 42.5 Å². The molecule has 7 nitrogen and oxygen atoms in total. The Morgan fingerprint density at radius 3 is 2.60 bits per heavy atom. The average Bonchev–Trinajstić information content (AvgIpc) is 3.04. The number of piperidine rings is 1. The SMILES string of the molecule is C#C.C=CO/C(=C\C)CN(CCN1CCC(C/C=C\C=C(/N=C)OCc2ccc(Cl)cc2F)CC1)c1cc(C(N)=O)ccc1C. The maximum atomic E-state index is 14.0. The standard InChI is InChI=1S/C34H42ClFN4O3.C2H2/c1-5-30(42-6-2)23-40(32-21-27(34(37)41)12-11-25(32)3)20-19-39-17-15-26(16-18-39)9-7-8-10-33(38-4)43-24-28-13-14-29(35)22-31(28)36;1-2/h5-8,10-14,21-22,26H,2,4,9,15-20,23-24H2,1,3H3,(H2,37,41);1-2H/b8-7-,30-5-,33-10+;. The molecule has 1 fully saturated rings. The third-order valence-electron chi connectivity index (χ3n) is 7.52. The van der Waals surface area contributed by atoms with Crippen LogP contribution in [0.5, 0.6) is 0 Å². The van der Waals surface area contributed by atoms with Crippen LogP contribution in [0, 0.1) is 31.5 Å². The molecule has 2 aromatic carbocycles. The number of likely N-dealkylation sites (tertiary alicyclic amines) is 1. The van der Waals surface area contributed by atoms with Crippen molar-refractivity contribution in [3.8, 4) is 12.8 Å². The number of anilines is 1. The number of carbonyl (C=O) groups excluding carboxylic acids is 1. The monoisotopic (exact) mass is 634 g/mol. The van der Waals surface area contributed by atoms with Gasteiger partial charge in [0.05, 0.1) is 12.8 Å². The Morgan fingerprint density at radius 2 is 1.98 bits per heavy atom. The molecule has 2 N–H and O–H groups in total. The lowest BCUT2D eigenvalue weighted by molar-refractivity contribution is 0.100. The lowest BCUT2D eigenvalue weighted by Crippen LogP contribution is -2.40. The minimum absolute atomic E-state index is 0.0467. The molecule has 1 saturated heterocycles. The third-order valence-corrected chi connectivity index (χ3v) is 7.76. The number of hydrogen-bond donors (Lipinski definition) is 1. The first-order valence-electron chi connectivity index (χ1n) is 14.8. The minimum atomic E-state index is -0.445. The molecule has 45 heavy (non-hydrogen) atoms. The van der Waals surface area contributed by atoms with E-state index in [0.29, 0.717) is 34.5 Å². The summed E-state index contributed by atoms with van der Waals surface area (Å²) in [4.78, 5) is 20.5. The van der Waals surface area contributed by atoms with Crippen molar-refractivity contribution >= 4 is 29.9 Å². The molecule has 0 unspecified atom stereocenters. The van der Waals surface area contributed by atoms with Gasteiger partial charge in [0, 0.05) is 34.9 Å². The first kappa shape index (κ1) is 36.9. The van der Waals surface area contributed by atoms with Gasteiger partial charge in [0.15, 0.2) is 0 Å². The van der Waals surface area contributed by atoms with Gasteiger partial charge in [-0.05, 0) is 101 Å². The number of allylic oxidation sites excluding steroid dienone is 4. The molecule has 240 valence electrons. The van der Waals surface area contributed by atoms with E-state index in [1.54, 1.807) is 24.3 Å². The van der Waals surface area contributed by atoms with E-state index in [9.17, 15) is 9.18 Å². The Labute approximate surface area is 272 Å². The smallest absolute Gasteiger partial charge is 0.248 e. The van der Waals surface area contributed by atoms with Crippen LogP contribution >= 0.6 is 11.6 Å². The number of halogens is 2. The van der Waals surface area contributed by atoms with Gasteiger partial charge < -0.3 is 25.0 Å². The zero-order valence-corrected chi connectivity index (χ0v) is 27.0. The van der Waals surface area contributed by atoms with Gasteiger partial charge in [-0.3, -0.25) is 4.79 Å². The number of aliphatic imine (C=N–C) groups is 1. The number of carbonyl (C=O) groups is 1. The molecule has 0 saturated carbocycles. The average molecular weight is 635 g/mol. The van der Waals surface area contributed by atoms with E-state index < -0.39 is 11.7 Å². The van der Waals surface area contributed by atoms with Crippen LogP contribution in [0.2, 0.25) is 5.02 Å². The molecule has 0 spiro atoms. The van der Waals surface area contributed by atoms with Crippen LogP contribution in [0.3, 0.4) is 0 Å². The maximum absolute atomic E-state index is 14.0. The zero-order valence-electron chi connectivity index (χ0n) is 26.3. The molecule has 3 rings (SSSR count). The first-order valence-corrected chi connectivity index (χ1v) is 15.2. The second-order valence-corrected chi connectivity index (χ2v) is 10.9. The van der Waals surface area contributed by atoms with Crippen LogP contribution in [0.1, 0.15) is 47.7 Å². The minimum Gasteiger partial charge on any atom is -0.473 e. The van der Waals surface area contributed by atoms with Gasteiger partial charge in [0.25, 0.3) is 0 Å². The molecule has 9 heteroatoms. The predicted octanol–water partition coefficient (Wildman–Crippen LogP) is 7.42. The molecule has 0 bridgehead atoms. The third kappa shape index (κ3) is 12.3. The van der Waals surface area contributed by atoms with Crippen LogP contribution in [0.25, 0.3) is 0 Å². The second kappa shape index (κ2) is 19.9. The lowest BCUT2D eigenvalue weighted by atomic mass is 9.93. The number of rotatable bonds is 16. The van der Waals surface area contributed by atoms with Crippen molar-refractivity contribution in [1.29, 1.82) is 0 Å². The Kier molecular flexibility index (Phi) is 16.3. The summed E-state index contributed by atoms with van der Waals surface area (Å²) in [5, 5.41) is 0.342. The van der Waals surface area contributed by atoms with Crippen molar-refractivity contribution in [2.45, 2.75) is 39.7 Å². The van der Waals surface area contributed by atoms with E-state index >= 15 is 0 Å². The fraction of sp³-hybridized carbons (Fsp3) is 0.333. The number of nitrogens with two attached hydrogens (primary N) is 1. The van der Waals surface area contributed by atoms with E-state index in [2.05, 4.69) is 47.0 Å². The number of terminal acetylenes is 1. The molecule has 1 amide bonds. The number of nitrogens with zero attached hydrogens (tertiary/aromatic N) is 3. The Hall–Kier alpha value is -4.32. The van der Waals surface area contributed by atoms with Crippen molar-refractivity contribution in [3.63, 3.8) is 0 Å². The molecular formula is C36H44ClFN4O3. The maximum Gasteiger partial charge on any atom is 0.248 e. The number of amides is 1. The number of primary amides is 1. The first-order chi connectivity index (χ1) is 21.7. The summed E-state index contributed by atoms with van der Waals surface area (Å²) in [5.74, 6) is 0.852. The van der Waals surface area contributed by atoms with Gasteiger partial charge in [-0.2, -0.15) is 0 Å². The van der Waals surface area contributed by atoms with Crippen molar-refractivity contribution in [2.24, 2.45) is 16.6 Å². The van der Waals surface area contributed by atoms with E-state index in [-0.39, 0.29) is 6.61 Å². The molecule has 1 aliphatic heterocycles. The number of aryl methyl sites for hydroxylation is 1. The molecule has 0 radical (unpaired) electrons. The van der Waals surface area contributed by atoms with Crippen LogP contribution < -0.4 is 10.6 Å². The van der Waals surface area contributed by atoms with E-state index in [4.69, 9.17) is 26.8 Å². The molecule has 1 heterocycles. The topological polar surface area (TPSA) is 80.4 Å². The van der Waals surface area contributed by atoms with Crippen LogP contribution in [0.15, 0.2) is 90.2 Å². The molecule has 0 aliphatic carbocycles. The summed E-state index contributed by atoms with van der Waals surface area (Å²) in [5.41, 5.74) is 8.49. The summed E-state index contributed by atoms with van der Waals surface area (Å²) >= 11 is 5.81. The van der Waals surface area contributed by atoms with Crippen LogP contribution in [-0.4, -0.2) is 50.2 Å². The second-order valence-electron chi connectivity index (χ2n) is 10.5. The van der Waals surface area contributed by atoms with E-state index in [1.807, 2.05) is 38.1 Å². The molecule has 1 aliphatic rings. The highest BCUT2D eigenvalue weighted by Crippen LogP contribution is 2.25. The van der Waals surface area contributed by atoms with E-state index in [0.717, 1.165) is 62.5 Å². The predicted molar refractivity (Wildman–Crippen MR) is 184 cm³/mol. The van der Waals surface area contributed by atoms with Gasteiger partial charge in [0.1, 0.15) is 18.2 Å². The largest absolute Gasteiger partial charge is 0.473 e. The summed E-state index contributed by atoms with van der Waals surface area (Å²) in [6.07, 6.45) is 20.3. The quantitative estimate of drug-likeness (QED) is 0.0899. The summed E-state index contributed by atoms with van der Waals surface area (Å²) in [6, 6.07) is 10.0. The zero-order chi connectivity index (χ0) is 33.2. The summed E-state index contributed by atoms with van der Waals surface area (Å²) in [6.45, 7) is 15.5. The molecule has 2 aromatic rings. The fourth-order valence-electron chi connectivity index (χ4n) is 4.95. The Morgan fingerprint density at radius 1 is 1.24 bits per heavy atom. The Bertz CT molecular complexity index is 1390. The fourth-order valence-corrected chi connectivity index (χ4v) is 5.10. The number of hydrogen-bond acceptors (Lipinski definition) is 6.